The average Bonchev–Trinajstić information content (AvgIpc) is 3.54. The van der Waals surface area contributed by atoms with Gasteiger partial charge in [0.25, 0.3) is 0 Å². The zero-order valence-corrected chi connectivity index (χ0v) is 19.1. The van der Waals surface area contributed by atoms with Gasteiger partial charge in [-0.15, -0.1) is 21.5 Å². The molecule has 5 rings (SSSR count). The van der Waals surface area contributed by atoms with Gasteiger partial charge in [0.05, 0.1) is 5.69 Å². The fourth-order valence-corrected chi connectivity index (χ4v) is 4.68. The van der Waals surface area contributed by atoms with E-state index in [1.807, 2.05) is 34.9 Å². The van der Waals surface area contributed by atoms with Crippen LogP contribution in [0.15, 0.2) is 58.7 Å². The first kappa shape index (κ1) is 20.7. The summed E-state index contributed by atoms with van der Waals surface area (Å²) < 4.78 is 7.94. The molecule has 0 saturated heterocycles. The molecule has 32 heavy (non-hydrogen) atoms. The summed E-state index contributed by atoms with van der Waals surface area (Å²) in [6, 6.07) is 12.4. The van der Waals surface area contributed by atoms with Crippen molar-refractivity contribution in [2.24, 2.45) is 0 Å². The lowest BCUT2D eigenvalue weighted by atomic mass is 10.1. The van der Waals surface area contributed by atoms with E-state index >= 15 is 0 Å². The fourth-order valence-electron chi connectivity index (χ4n) is 3.95. The van der Waals surface area contributed by atoms with Gasteiger partial charge in [-0.05, 0) is 42.8 Å². The Hall–Kier alpha value is -3.19. The first-order valence-electron chi connectivity index (χ1n) is 11.3. The number of nitrogens with zero attached hydrogens (tertiary/aromatic N) is 4. The summed E-state index contributed by atoms with van der Waals surface area (Å²) in [6.07, 6.45) is 12.5. The number of fused-ring (bicyclic) bond motifs is 2. The largest absolute Gasteiger partial charge is 0.461 e. The molecule has 4 heterocycles. The molecule has 0 unspecified atom stereocenters. The van der Waals surface area contributed by atoms with Gasteiger partial charge in [0.1, 0.15) is 17.7 Å². The smallest absolute Gasteiger partial charge is 0.187 e. The minimum absolute atomic E-state index is 0.826. The van der Waals surface area contributed by atoms with Crippen molar-refractivity contribution in [2.45, 2.75) is 51.9 Å². The third-order valence-electron chi connectivity index (χ3n) is 5.69. The summed E-state index contributed by atoms with van der Waals surface area (Å²) in [4.78, 5) is 4.75. The molecule has 0 bridgehead atoms. The second-order valence-corrected chi connectivity index (χ2v) is 9.02. The molecule has 0 fully saturated rings. The van der Waals surface area contributed by atoms with Gasteiger partial charge < -0.3 is 9.73 Å². The minimum atomic E-state index is 0.826. The van der Waals surface area contributed by atoms with Crippen molar-refractivity contribution in [2.75, 3.05) is 5.32 Å². The van der Waals surface area contributed by atoms with Gasteiger partial charge in [-0.1, -0.05) is 39.0 Å². The van der Waals surface area contributed by atoms with E-state index in [1.165, 1.54) is 38.5 Å². The number of unbranched alkanes of at least 4 members (excludes halogenated alkanes) is 5. The lowest BCUT2D eigenvalue weighted by Gasteiger charge is -2.02. The van der Waals surface area contributed by atoms with E-state index in [1.54, 1.807) is 17.7 Å². The van der Waals surface area contributed by atoms with Crippen LogP contribution >= 0.6 is 11.3 Å². The molecule has 0 atom stereocenters. The Kier molecular flexibility index (Phi) is 6.16. The minimum Gasteiger partial charge on any atom is -0.461 e. The Morgan fingerprint density at radius 1 is 1.03 bits per heavy atom. The predicted molar refractivity (Wildman–Crippen MR) is 131 cm³/mol. The van der Waals surface area contributed by atoms with Crippen molar-refractivity contribution in [3.05, 3.63) is 60.1 Å². The predicted octanol–water partition coefficient (Wildman–Crippen LogP) is 7.25. The summed E-state index contributed by atoms with van der Waals surface area (Å²) in [7, 11) is 0. The number of furan rings is 1. The third-order valence-corrected chi connectivity index (χ3v) is 6.44. The standard InChI is InChI=1S/C25H27N5OS/c1-2-3-4-5-6-7-8-21-14-19-13-20(10-11-23(19)31-21)27-25-28-22(16-32-25)18-9-12-24-29-26-17-30(24)15-18/h9-17H,2-8H2,1H3,(H,27,28). The molecule has 0 amide bonds. The highest BCUT2D eigenvalue weighted by Gasteiger charge is 2.09. The van der Waals surface area contributed by atoms with Crippen LogP contribution in [0.25, 0.3) is 27.9 Å². The van der Waals surface area contributed by atoms with Gasteiger partial charge in [0.15, 0.2) is 10.8 Å². The summed E-state index contributed by atoms with van der Waals surface area (Å²) >= 11 is 1.59. The van der Waals surface area contributed by atoms with E-state index in [0.717, 1.165) is 50.9 Å². The Morgan fingerprint density at radius 2 is 1.94 bits per heavy atom. The number of hydrogen-bond acceptors (Lipinski definition) is 6. The molecule has 164 valence electrons. The van der Waals surface area contributed by atoms with Crippen LogP contribution in [-0.2, 0) is 6.42 Å². The van der Waals surface area contributed by atoms with Crippen LogP contribution in [0.4, 0.5) is 10.8 Å². The number of nitrogens with one attached hydrogen (secondary N) is 1. The summed E-state index contributed by atoms with van der Waals surface area (Å²) in [5, 5.41) is 15.5. The molecular formula is C25H27N5OS. The molecule has 7 heteroatoms. The number of hydrogen-bond donors (Lipinski definition) is 1. The van der Waals surface area contributed by atoms with Gasteiger partial charge in [-0.3, -0.25) is 4.40 Å². The SMILES string of the molecule is CCCCCCCCc1cc2cc(Nc3nc(-c4ccc5nncn5c4)cs3)ccc2o1. The average molecular weight is 446 g/mol. The molecule has 0 aliphatic heterocycles. The molecule has 0 aliphatic rings. The van der Waals surface area contributed by atoms with Crippen LogP contribution in [0.3, 0.4) is 0 Å². The van der Waals surface area contributed by atoms with Crippen LogP contribution in [0.2, 0.25) is 0 Å². The van der Waals surface area contributed by atoms with E-state index in [2.05, 4.69) is 40.0 Å². The number of aromatic nitrogens is 4. The Morgan fingerprint density at radius 3 is 2.88 bits per heavy atom. The zero-order valence-electron chi connectivity index (χ0n) is 18.3. The fraction of sp³-hybridized carbons (Fsp3) is 0.320. The van der Waals surface area contributed by atoms with Crippen LogP contribution < -0.4 is 5.32 Å². The summed E-state index contributed by atoms with van der Waals surface area (Å²) in [5.41, 5.74) is 4.75. The van der Waals surface area contributed by atoms with E-state index in [-0.39, 0.29) is 0 Å². The van der Waals surface area contributed by atoms with Crippen molar-refractivity contribution < 1.29 is 4.42 Å². The van der Waals surface area contributed by atoms with E-state index in [4.69, 9.17) is 9.40 Å². The Balaban J connectivity index is 1.23. The second-order valence-electron chi connectivity index (χ2n) is 8.16. The quantitative estimate of drug-likeness (QED) is 0.229. The number of thiazole rings is 1. The maximum atomic E-state index is 6.04. The number of aryl methyl sites for hydroxylation is 1. The van der Waals surface area contributed by atoms with E-state index in [0.29, 0.717) is 0 Å². The van der Waals surface area contributed by atoms with E-state index in [9.17, 15) is 0 Å². The highest BCUT2D eigenvalue weighted by atomic mass is 32.1. The normalized spacial score (nSPS) is 11.5. The van der Waals surface area contributed by atoms with E-state index < -0.39 is 0 Å². The van der Waals surface area contributed by atoms with Crippen molar-refractivity contribution in [3.63, 3.8) is 0 Å². The van der Waals surface area contributed by atoms with Crippen LogP contribution in [0.1, 0.15) is 51.2 Å². The van der Waals surface area contributed by atoms with Gasteiger partial charge in [0.2, 0.25) is 0 Å². The summed E-state index contributed by atoms with van der Waals surface area (Å²) in [5.74, 6) is 1.08. The molecule has 6 nitrogen and oxygen atoms in total. The molecule has 0 spiro atoms. The Labute approximate surface area is 191 Å². The zero-order chi connectivity index (χ0) is 21.8. The molecule has 4 aromatic heterocycles. The molecule has 0 saturated carbocycles. The first-order chi connectivity index (χ1) is 15.8. The number of anilines is 2. The maximum Gasteiger partial charge on any atom is 0.187 e. The molecule has 5 aromatic rings. The first-order valence-corrected chi connectivity index (χ1v) is 12.2. The lowest BCUT2D eigenvalue weighted by molar-refractivity contribution is 0.521. The van der Waals surface area contributed by atoms with Crippen molar-refractivity contribution in [1.82, 2.24) is 19.6 Å². The number of benzene rings is 1. The van der Waals surface area contributed by atoms with Gasteiger partial charge in [0, 0.05) is 34.6 Å². The molecule has 1 aromatic carbocycles. The molecule has 1 N–H and O–H groups in total. The highest BCUT2D eigenvalue weighted by Crippen LogP contribution is 2.30. The Bertz CT molecular complexity index is 1320. The topological polar surface area (TPSA) is 68.2 Å². The van der Waals surface area contributed by atoms with Crippen LogP contribution in [0.5, 0.6) is 0 Å². The van der Waals surface area contributed by atoms with Crippen molar-refractivity contribution >= 4 is 38.8 Å². The van der Waals surface area contributed by atoms with Crippen LogP contribution in [0, 0.1) is 0 Å². The molecule has 0 radical (unpaired) electrons. The van der Waals surface area contributed by atoms with Gasteiger partial charge >= 0.3 is 0 Å². The third kappa shape index (κ3) is 4.67. The van der Waals surface area contributed by atoms with Gasteiger partial charge in [-0.25, -0.2) is 4.98 Å². The lowest BCUT2D eigenvalue weighted by Crippen LogP contribution is -1.90. The van der Waals surface area contributed by atoms with Crippen molar-refractivity contribution in [1.29, 1.82) is 0 Å². The highest BCUT2D eigenvalue weighted by molar-refractivity contribution is 7.14. The van der Waals surface area contributed by atoms with Crippen molar-refractivity contribution in [3.8, 4) is 11.3 Å². The second kappa shape index (κ2) is 9.53. The molecule has 0 aliphatic carbocycles. The molecular weight excluding hydrogens is 418 g/mol. The number of pyridine rings is 1. The maximum absolute atomic E-state index is 6.04. The van der Waals surface area contributed by atoms with Crippen LogP contribution in [-0.4, -0.2) is 19.6 Å². The van der Waals surface area contributed by atoms with Gasteiger partial charge in [-0.2, -0.15) is 0 Å². The monoisotopic (exact) mass is 445 g/mol. The summed E-state index contributed by atoms with van der Waals surface area (Å²) in [6.45, 7) is 2.25. The number of rotatable bonds is 10.